The highest BCUT2D eigenvalue weighted by Gasteiger charge is 2.05. The van der Waals surface area contributed by atoms with E-state index in [1.54, 1.807) is 7.11 Å². The Kier molecular flexibility index (Phi) is 6.70. The molecule has 4 heteroatoms. The zero-order valence-electron chi connectivity index (χ0n) is 8.02. The predicted molar refractivity (Wildman–Crippen MR) is 48.0 cm³/mol. The Labute approximate surface area is 73.7 Å². The van der Waals surface area contributed by atoms with Crippen molar-refractivity contribution in [3.63, 3.8) is 0 Å². The molecule has 0 aromatic rings. The number of hydrogen-bond acceptors (Lipinski definition) is 3. The summed E-state index contributed by atoms with van der Waals surface area (Å²) in [6.07, 6.45) is 0.518. The minimum Gasteiger partial charge on any atom is -0.383 e. The van der Waals surface area contributed by atoms with Crippen molar-refractivity contribution in [3.8, 4) is 0 Å². The molecule has 72 valence electrons. The van der Waals surface area contributed by atoms with Gasteiger partial charge in [-0.2, -0.15) is 0 Å². The van der Waals surface area contributed by atoms with Crippen molar-refractivity contribution < 1.29 is 9.53 Å². The van der Waals surface area contributed by atoms with Gasteiger partial charge in [0, 0.05) is 26.1 Å². The lowest BCUT2D eigenvalue weighted by atomic mass is 10.3. The van der Waals surface area contributed by atoms with Gasteiger partial charge in [0.15, 0.2) is 0 Å². The highest BCUT2D eigenvalue weighted by atomic mass is 16.5. The van der Waals surface area contributed by atoms with E-state index >= 15 is 0 Å². The van der Waals surface area contributed by atoms with Crippen molar-refractivity contribution in [2.75, 3.05) is 27.3 Å². The van der Waals surface area contributed by atoms with Gasteiger partial charge in [-0.3, -0.25) is 4.79 Å². The molecule has 12 heavy (non-hydrogen) atoms. The molecule has 2 N–H and O–H groups in total. The maximum atomic E-state index is 11.1. The largest absolute Gasteiger partial charge is 0.383 e. The molecule has 0 saturated carbocycles. The predicted octanol–water partition coefficient (Wildman–Crippen LogP) is -0.253. The van der Waals surface area contributed by atoms with Crippen LogP contribution in [-0.2, 0) is 9.53 Å². The van der Waals surface area contributed by atoms with E-state index in [2.05, 4.69) is 10.6 Å². The molecule has 0 aliphatic rings. The number of ether oxygens (including phenoxy) is 1. The first-order valence-electron chi connectivity index (χ1n) is 4.13. The molecule has 1 amide bonds. The average molecular weight is 174 g/mol. The third-order valence-electron chi connectivity index (χ3n) is 1.43. The first-order chi connectivity index (χ1) is 5.70. The van der Waals surface area contributed by atoms with E-state index in [-0.39, 0.29) is 11.9 Å². The summed E-state index contributed by atoms with van der Waals surface area (Å²) < 4.78 is 4.88. The highest BCUT2D eigenvalue weighted by molar-refractivity contribution is 5.76. The quantitative estimate of drug-likeness (QED) is 0.583. The molecule has 0 aliphatic carbocycles. The van der Waals surface area contributed by atoms with Gasteiger partial charge in [-0.15, -0.1) is 0 Å². The van der Waals surface area contributed by atoms with Crippen LogP contribution in [0.3, 0.4) is 0 Å². The maximum absolute atomic E-state index is 11.1. The summed E-state index contributed by atoms with van der Waals surface area (Å²) in [4.78, 5) is 11.1. The highest BCUT2D eigenvalue weighted by Crippen LogP contribution is 1.84. The summed E-state index contributed by atoms with van der Waals surface area (Å²) in [5.74, 6) is 0.0638. The van der Waals surface area contributed by atoms with Gasteiger partial charge in [-0.25, -0.2) is 0 Å². The smallest absolute Gasteiger partial charge is 0.221 e. The molecular weight excluding hydrogens is 156 g/mol. The van der Waals surface area contributed by atoms with E-state index in [1.807, 2.05) is 14.0 Å². The van der Waals surface area contributed by atoms with Crippen molar-refractivity contribution in [2.24, 2.45) is 0 Å². The van der Waals surface area contributed by atoms with Crippen molar-refractivity contribution in [1.82, 2.24) is 10.6 Å². The standard InChI is InChI=1S/C8H18N2O2/c1-7(6-12-3)10-8(11)4-5-9-2/h7,9H,4-6H2,1-3H3,(H,10,11). The van der Waals surface area contributed by atoms with Crippen LogP contribution in [0.4, 0.5) is 0 Å². The summed E-state index contributed by atoms with van der Waals surface area (Å²) in [6.45, 7) is 3.19. The summed E-state index contributed by atoms with van der Waals surface area (Å²) in [5.41, 5.74) is 0. The fourth-order valence-electron chi connectivity index (χ4n) is 0.877. The van der Waals surface area contributed by atoms with Crippen LogP contribution in [0.15, 0.2) is 0 Å². The van der Waals surface area contributed by atoms with E-state index in [1.165, 1.54) is 0 Å². The number of nitrogens with one attached hydrogen (secondary N) is 2. The van der Waals surface area contributed by atoms with Gasteiger partial charge >= 0.3 is 0 Å². The molecule has 0 bridgehead atoms. The molecule has 0 heterocycles. The Morgan fingerprint density at radius 1 is 1.58 bits per heavy atom. The van der Waals surface area contributed by atoms with E-state index in [9.17, 15) is 4.79 Å². The molecule has 0 aromatic carbocycles. The van der Waals surface area contributed by atoms with Crippen LogP contribution in [-0.4, -0.2) is 39.3 Å². The third kappa shape index (κ3) is 6.12. The summed E-state index contributed by atoms with van der Waals surface area (Å²) in [5, 5.41) is 5.72. The fourth-order valence-corrected chi connectivity index (χ4v) is 0.877. The van der Waals surface area contributed by atoms with Crippen molar-refractivity contribution in [2.45, 2.75) is 19.4 Å². The van der Waals surface area contributed by atoms with Crippen LogP contribution >= 0.6 is 0 Å². The van der Waals surface area contributed by atoms with Gasteiger partial charge in [0.2, 0.25) is 5.91 Å². The Bertz CT molecular complexity index is 128. The van der Waals surface area contributed by atoms with Crippen LogP contribution < -0.4 is 10.6 Å². The Morgan fingerprint density at radius 2 is 2.25 bits per heavy atom. The number of carbonyl (C=O) groups excluding carboxylic acids is 1. The second-order valence-electron chi connectivity index (χ2n) is 2.78. The van der Waals surface area contributed by atoms with Gasteiger partial charge in [-0.05, 0) is 14.0 Å². The zero-order chi connectivity index (χ0) is 9.40. The average Bonchev–Trinajstić information content (AvgIpc) is 2.01. The zero-order valence-corrected chi connectivity index (χ0v) is 8.02. The van der Waals surface area contributed by atoms with Gasteiger partial charge in [0.05, 0.1) is 6.61 Å². The SMILES string of the molecule is CNCCC(=O)NC(C)COC. The number of methoxy groups -OCH3 is 1. The lowest BCUT2D eigenvalue weighted by molar-refractivity contribution is -0.121. The molecular formula is C8H18N2O2. The van der Waals surface area contributed by atoms with Gasteiger partial charge in [0.25, 0.3) is 0 Å². The molecule has 0 saturated heterocycles. The second kappa shape index (κ2) is 7.06. The summed E-state index contributed by atoms with van der Waals surface area (Å²) in [6, 6.07) is 0.0966. The Morgan fingerprint density at radius 3 is 2.75 bits per heavy atom. The molecule has 4 nitrogen and oxygen atoms in total. The third-order valence-corrected chi connectivity index (χ3v) is 1.43. The van der Waals surface area contributed by atoms with Crippen LogP contribution in [0.2, 0.25) is 0 Å². The first kappa shape index (κ1) is 11.4. The molecule has 1 atom stereocenters. The molecule has 0 spiro atoms. The van der Waals surface area contributed by atoms with Crippen LogP contribution in [0.5, 0.6) is 0 Å². The van der Waals surface area contributed by atoms with Crippen LogP contribution in [0, 0.1) is 0 Å². The second-order valence-corrected chi connectivity index (χ2v) is 2.78. The number of amides is 1. The number of hydrogen-bond donors (Lipinski definition) is 2. The van der Waals surface area contributed by atoms with Crippen molar-refractivity contribution in [1.29, 1.82) is 0 Å². The van der Waals surface area contributed by atoms with Gasteiger partial charge < -0.3 is 15.4 Å². The normalized spacial score (nSPS) is 12.6. The van der Waals surface area contributed by atoms with Crippen LogP contribution in [0.1, 0.15) is 13.3 Å². The number of rotatable bonds is 6. The molecule has 0 radical (unpaired) electrons. The summed E-state index contributed by atoms with van der Waals surface area (Å²) >= 11 is 0. The first-order valence-corrected chi connectivity index (χ1v) is 4.13. The molecule has 0 aliphatic heterocycles. The minimum absolute atomic E-state index is 0.0638. The van der Waals surface area contributed by atoms with E-state index in [0.29, 0.717) is 19.6 Å². The van der Waals surface area contributed by atoms with E-state index < -0.39 is 0 Å². The topological polar surface area (TPSA) is 50.4 Å². The molecule has 0 fully saturated rings. The van der Waals surface area contributed by atoms with E-state index in [0.717, 1.165) is 0 Å². The lowest BCUT2D eigenvalue weighted by Crippen LogP contribution is -2.36. The van der Waals surface area contributed by atoms with Crippen LogP contribution in [0.25, 0.3) is 0 Å². The molecule has 0 aromatic heterocycles. The Hall–Kier alpha value is -0.610. The molecule has 1 unspecified atom stereocenters. The van der Waals surface area contributed by atoms with Crippen molar-refractivity contribution in [3.05, 3.63) is 0 Å². The van der Waals surface area contributed by atoms with Gasteiger partial charge in [0.1, 0.15) is 0 Å². The number of carbonyl (C=O) groups is 1. The van der Waals surface area contributed by atoms with E-state index in [4.69, 9.17) is 4.74 Å². The molecule has 0 rings (SSSR count). The Balaban J connectivity index is 3.40. The minimum atomic E-state index is 0.0638. The fraction of sp³-hybridized carbons (Fsp3) is 0.875. The summed E-state index contributed by atoms with van der Waals surface area (Å²) in [7, 11) is 3.45. The van der Waals surface area contributed by atoms with Crippen molar-refractivity contribution >= 4 is 5.91 Å². The van der Waals surface area contributed by atoms with Gasteiger partial charge in [-0.1, -0.05) is 0 Å². The maximum Gasteiger partial charge on any atom is 0.221 e. The monoisotopic (exact) mass is 174 g/mol. The lowest BCUT2D eigenvalue weighted by Gasteiger charge is -2.12.